The van der Waals surface area contributed by atoms with E-state index < -0.39 is 35.5 Å². The number of pyridine rings is 1. The van der Waals surface area contributed by atoms with E-state index in [1.807, 2.05) is 30.3 Å². The first kappa shape index (κ1) is 25.1. The summed E-state index contributed by atoms with van der Waals surface area (Å²) >= 11 is 0. The molecule has 0 radical (unpaired) electrons. The lowest BCUT2D eigenvalue weighted by molar-refractivity contribution is -0.145. The SMILES string of the molecule is CC[C@@H](Oc1nc(Oc2cc(-c3cccc(CN)c3)cc(N3CCCC3=O)c2)c(F)cc1F)C(=O)O. The lowest BCUT2D eigenvalue weighted by Gasteiger charge is -2.19. The lowest BCUT2D eigenvalue weighted by atomic mass is 10.0. The van der Waals surface area contributed by atoms with Crippen molar-refractivity contribution >= 4 is 17.6 Å². The van der Waals surface area contributed by atoms with Gasteiger partial charge in [0.1, 0.15) is 5.75 Å². The molecule has 3 N–H and O–H groups in total. The molecule has 3 aromatic rings. The molecule has 2 aromatic carbocycles. The van der Waals surface area contributed by atoms with E-state index in [0.29, 0.717) is 43.2 Å². The quantitative estimate of drug-likeness (QED) is 0.442. The molecule has 1 aliphatic rings. The van der Waals surface area contributed by atoms with E-state index in [0.717, 1.165) is 11.1 Å². The molecule has 1 atom stereocenters. The molecule has 36 heavy (non-hydrogen) atoms. The molecular formula is C26H25F2N3O5. The van der Waals surface area contributed by atoms with Gasteiger partial charge in [-0.15, -0.1) is 0 Å². The third-order valence-electron chi connectivity index (χ3n) is 5.75. The molecular weight excluding hydrogens is 472 g/mol. The summed E-state index contributed by atoms with van der Waals surface area (Å²) in [6.45, 7) is 2.41. The fourth-order valence-corrected chi connectivity index (χ4v) is 3.91. The van der Waals surface area contributed by atoms with Gasteiger partial charge in [-0.05, 0) is 47.7 Å². The van der Waals surface area contributed by atoms with Crippen LogP contribution in [0.15, 0.2) is 48.5 Å². The molecule has 188 valence electrons. The minimum atomic E-state index is -1.36. The summed E-state index contributed by atoms with van der Waals surface area (Å²) in [5.41, 5.74) is 8.72. The Balaban J connectivity index is 1.74. The zero-order chi connectivity index (χ0) is 25.8. The fourth-order valence-electron chi connectivity index (χ4n) is 3.91. The van der Waals surface area contributed by atoms with Crippen molar-refractivity contribution in [2.24, 2.45) is 5.73 Å². The molecule has 0 unspecified atom stereocenters. The summed E-state index contributed by atoms with van der Waals surface area (Å²) in [6.07, 6.45) is -0.198. The predicted octanol–water partition coefficient (Wildman–Crippen LogP) is 4.65. The fraction of sp³-hybridized carbons (Fsp3) is 0.269. The van der Waals surface area contributed by atoms with E-state index >= 15 is 0 Å². The molecule has 1 amide bonds. The monoisotopic (exact) mass is 497 g/mol. The minimum Gasteiger partial charge on any atom is -0.479 e. The second-order valence-corrected chi connectivity index (χ2v) is 8.29. The number of halogens is 2. The second kappa shape index (κ2) is 10.7. The van der Waals surface area contributed by atoms with Crippen LogP contribution in [0.25, 0.3) is 11.1 Å². The van der Waals surface area contributed by atoms with Crippen molar-refractivity contribution in [1.29, 1.82) is 0 Å². The van der Waals surface area contributed by atoms with Crippen LogP contribution in [0.5, 0.6) is 17.5 Å². The molecule has 4 rings (SSSR count). The highest BCUT2D eigenvalue weighted by Gasteiger charge is 2.25. The highest BCUT2D eigenvalue weighted by atomic mass is 19.1. The Kier molecular flexibility index (Phi) is 7.44. The first-order valence-electron chi connectivity index (χ1n) is 11.5. The van der Waals surface area contributed by atoms with Crippen molar-refractivity contribution < 1.29 is 33.0 Å². The number of carbonyl (C=O) groups is 2. The number of carboxylic acid groups (broad SMARTS) is 1. The Morgan fingerprint density at radius 1 is 1.14 bits per heavy atom. The molecule has 1 saturated heterocycles. The van der Waals surface area contributed by atoms with Crippen molar-refractivity contribution in [3.8, 4) is 28.6 Å². The Bertz CT molecular complexity index is 1300. The van der Waals surface area contributed by atoms with Crippen LogP contribution in [0.1, 0.15) is 31.7 Å². The summed E-state index contributed by atoms with van der Waals surface area (Å²) in [5.74, 6) is -4.75. The van der Waals surface area contributed by atoms with E-state index in [2.05, 4.69) is 4.98 Å². The van der Waals surface area contributed by atoms with Crippen LogP contribution in [0.2, 0.25) is 0 Å². The standard InChI is InChI=1S/C26H25F2N3O5/c1-2-22(26(33)34)36-25-21(28)13-20(27)24(30-25)35-19-11-17(16-6-3-5-15(9-16)14-29)10-18(12-19)31-8-4-7-23(31)32/h3,5-6,9-13,22H,2,4,7-8,14,29H2,1H3,(H,33,34)/t22-/m1/s1. The van der Waals surface area contributed by atoms with Crippen LogP contribution in [-0.2, 0) is 16.1 Å². The minimum absolute atomic E-state index is 0.0428. The number of anilines is 1. The largest absolute Gasteiger partial charge is 0.479 e. The molecule has 10 heteroatoms. The van der Waals surface area contributed by atoms with Crippen LogP contribution in [-0.4, -0.2) is 34.6 Å². The normalized spacial score (nSPS) is 14.1. The average molecular weight is 497 g/mol. The number of carbonyl (C=O) groups excluding carboxylic acids is 1. The highest BCUT2D eigenvalue weighted by molar-refractivity contribution is 5.96. The highest BCUT2D eigenvalue weighted by Crippen LogP contribution is 2.36. The van der Waals surface area contributed by atoms with Gasteiger partial charge in [0.05, 0.1) is 0 Å². The van der Waals surface area contributed by atoms with Crippen molar-refractivity contribution in [3.05, 3.63) is 65.7 Å². The molecule has 2 heterocycles. The predicted molar refractivity (Wildman–Crippen MR) is 128 cm³/mol. The number of rotatable bonds is 9. The number of hydrogen-bond acceptors (Lipinski definition) is 6. The number of aliphatic carboxylic acids is 1. The molecule has 1 fully saturated rings. The van der Waals surface area contributed by atoms with Crippen LogP contribution in [0.4, 0.5) is 14.5 Å². The van der Waals surface area contributed by atoms with Gasteiger partial charge in [-0.2, -0.15) is 4.98 Å². The van der Waals surface area contributed by atoms with Gasteiger partial charge in [0.25, 0.3) is 11.8 Å². The van der Waals surface area contributed by atoms with Crippen molar-refractivity contribution in [2.45, 2.75) is 38.8 Å². The number of amides is 1. The second-order valence-electron chi connectivity index (χ2n) is 8.29. The van der Waals surface area contributed by atoms with Crippen LogP contribution < -0.4 is 20.1 Å². The number of nitrogens with two attached hydrogens (primary N) is 1. The van der Waals surface area contributed by atoms with Gasteiger partial charge in [-0.3, -0.25) is 4.79 Å². The third kappa shape index (κ3) is 5.44. The molecule has 0 aliphatic carbocycles. The van der Waals surface area contributed by atoms with E-state index in [9.17, 15) is 23.5 Å². The first-order valence-corrected chi connectivity index (χ1v) is 11.5. The summed E-state index contributed by atoms with van der Waals surface area (Å²) in [7, 11) is 0. The van der Waals surface area contributed by atoms with Crippen molar-refractivity contribution in [1.82, 2.24) is 4.98 Å². The Labute approximate surface area is 206 Å². The maximum absolute atomic E-state index is 14.6. The topological polar surface area (TPSA) is 115 Å². The maximum Gasteiger partial charge on any atom is 0.344 e. The third-order valence-corrected chi connectivity index (χ3v) is 5.75. The number of hydrogen-bond donors (Lipinski definition) is 2. The first-order chi connectivity index (χ1) is 17.3. The van der Waals surface area contributed by atoms with Gasteiger partial charge in [0, 0.05) is 37.3 Å². The Hall–Kier alpha value is -4.05. The zero-order valence-corrected chi connectivity index (χ0v) is 19.5. The number of benzene rings is 2. The zero-order valence-electron chi connectivity index (χ0n) is 19.5. The van der Waals surface area contributed by atoms with E-state index in [1.165, 1.54) is 0 Å². The smallest absolute Gasteiger partial charge is 0.344 e. The van der Waals surface area contributed by atoms with Crippen LogP contribution in [0.3, 0.4) is 0 Å². The summed E-state index contributed by atoms with van der Waals surface area (Å²) in [6, 6.07) is 13.0. The van der Waals surface area contributed by atoms with Gasteiger partial charge in [0.15, 0.2) is 17.7 Å². The molecule has 1 aromatic heterocycles. The summed E-state index contributed by atoms with van der Waals surface area (Å²) in [4.78, 5) is 29.1. The van der Waals surface area contributed by atoms with Crippen molar-refractivity contribution in [3.63, 3.8) is 0 Å². The molecule has 8 nitrogen and oxygen atoms in total. The van der Waals surface area contributed by atoms with Crippen LogP contribution in [0, 0.1) is 11.6 Å². The summed E-state index contributed by atoms with van der Waals surface area (Å²) < 4.78 is 39.7. The van der Waals surface area contributed by atoms with E-state index in [1.54, 1.807) is 24.0 Å². The lowest BCUT2D eigenvalue weighted by Crippen LogP contribution is -2.26. The number of ether oxygens (including phenoxy) is 2. The van der Waals surface area contributed by atoms with E-state index in [4.69, 9.17) is 15.2 Å². The molecule has 0 spiro atoms. The average Bonchev–Trinajstić information content (AvgIpc) is 3.30. The summed E-state index contributed by atoms with van der Waals surface area (Å²) in [5, 5.41) is 9.20. The number of aromatic nitrogens is 1. The van der Waals surface area contributed by atoms with Gasteiger partial charge in [0.2, 0.25) is 5.91 Å². The Morgan fingerprint density at radius 3 is 2.58 bits per heavy atom. The van der Waals surface area contributed by atoms with Crippen molar-refractivity contribution in [2.75, 3.05) is 11.4 Å². The molecule has 0 bridgehead atoms. The van der Waals surface area contributed by atoms with Gasteiger partial charge >= 0.3 is 5.97 Å². The van der Waals surface area contributed by atoms with Gasteiger partial charge in [-0.25, -0.2) is 13.6 Å². The molecule has 1 aliphatic heterocycles. The maximum atomic E-state index is 14.6. The Morgan fingerprint density at radius 2 is 1.92 bits per heavy atom. The van der Waals surface area contributed by atoms with Gasteiger partial charge in [-0.1, -0.05) is 25.1 Å². The number of nitrogens with zero attached hydrogens (tertiary/aromatic N) is 2. The van der Waals surface area contributed by atoms with Crippen LogP contribution >= 0.6 is 0 Å². The number of carboxylic acids is 1. The molecule has 0 saturated carbocycles. The van der Waals surface area contributed by atoms with Gasteiger partial charge < -0.3 is 25.2 Å². The van der Waals surface area contributed by atoms with E-state index in [-0.39, 0.29) is 18.1 Å².